The van der Waals surface area contributed by atoms with Crippen LogP contribution in [0.2, 0.25) is 0 Å². The van der Waals surface area contributed by atoms with E-state index in [0.717, 1.165) is 80.9 Å². The number of hydrogen-bond donors (Lipinski definition) is 4. The monoisotopic (exact) mass is 544 g/mol. The Morgan fingerprint density at radius 1 is 0.875 bits per heavy atom. The van der Waals surface area contributed by atoms with E-state index >= 15 is 0 Å². The van der Waals surface area contributed by atoms with E-state index in [1.54, 1.807) is 0 Å². The zero-order valence-electron chi connectivity index (χ0n) is 23.0. The van der Waals surface area contributed by atoms with Gasteiger partial charge in [-0.05, 0) is 43.0 Å². The van der Waals surface area contributed by atoms with Crippen LogP contribution in [0.3, 0.4) is 0 Å². The summed E-state index contributed by atoms with van der Waals surface area (Å²) in [6, 6.07) is 25.4. The number of Topliss-reactive ketones (excluding diaryl/α,β-unsaturated/α-hetero) is 1. The molecule has 1 aliphatic rings. The number of benzene rings is 3. The Labute approximate surface area is 236 Å². The highest BCUT2D eigenvalue weighted by Crippen LogP contribution is 2.28. The van der Waals surface area contributed by atoms with Crippen LogP contribution in [0.1, 0.15) is 35.2 Å². The van der Waals surface area contributed by atoms with Crippen LogP contribution in [0.4, 0.5) is 10.5 Å². The van der Waals surface area contributed by atoms with Crippen molar-refractivity contribution in [3.8, 4) is 11.1 Å². The van der Waals surface area contributed by atoms with E-state index in [-0.39, 0.29) is 18.5 Å². The molecule has 1 amide bonds. The minimum absolute atomic E-state index is 0.0757. The quantitative estimate of drug-likeness (QED) is 0.177. The lowest BCUT2D eigenvalue weighted by Gasteiger charge is -2.31. The SMILES string of the molecule is O=C(Nc1ccccc1-c1ccccc1)OC1CCN(CCNCC(=O)c2ccc(CNCCCO)cc2)CC1. The lowest BCUT2D eigenvalue weighted by atomic mass is 10.0. The van der Waals surface area contributed by atoms with E-state index in [1.807, 2.05) is 78.9 Å². The van der Waals surface area contributed by atoms with Crippen molar-refractivity contribution in [3.63, 3.8) is 0 Å². The first-order valence-electron chi connectivity index (χ1n) is 14.1. The van der Waals surface area contributed by atoms with Gasteiger partial charge in [0.1, 0.15) is 6.10 Å². The van der Waals surface area contributed by atoms with Gasteiger partial charge in [0.15, 0.2) is 5.78 Å². The summed E-state index contributed by atoms with van der Waals surface area (Å²) in [5, 5.41) is 18.3. The summed E-state index contributed by atoms with van der Waals surface area (Å²) in [5.74, 6) is 0.0757. The zero-order chi connectivity index (χ0) is 28.0. The minimum Gasteiger partial charge on any atom is -0.446 e. The van der Waals surface area contributed by atoms with Gasteiger partial charge in [0.05, 0.1) is 12.2 Å². The summed E-state index contributed by atoms with van der Waals surface area (Å²) in [4.78, 5) is 27.5. The number of para-hydroxylation sites is 1. The molecular weight excluding hydrogens is 504 g/mol. The van der Waals surface area contributed by atoms with Crippen LogP contribution < -0.4 is 16.0 Å². The van der Waals surface area contributed by atoms with E-state index in [4.69, 9.17) is 9.84 Å². The molecule has 40 heavy (non-hydrogen) atoms. The fourth-order valence-corrected chi connectivity index (χ4v) is 4.79. The summed E-state index contributed by atoms with van der Waals surface area (Å²) in [6.45, 7) is 5.25. The number of carbonyl (C=O) groups excluding carboxylic acids is 2. The number of ether oxygens (including phenoxy) is 1. The fourth-order valence-electron chi connectivity index (χ4n) is 4.79. The predicted octanol–water partition coefficient (Wildman–Crippen LogP) is 4.31. The molecule has 0 atom stereocenters. The summed E-state index contributed by atoms with van der Waals surface area (Å²) in [7, 11) is 0. The maximum absolute atomic E-state index is 12.6. The highest BCUT2D eigenvalue weighted by atomic mass is 16.6. The second-order valence-corrected chi connectivity index (χ2v) is 10.0. The molecule has 4 rings (SSSR count). The van der Waals surface area contributed by atoms with E-state index < -0.39 is 6.09 Å². The number of amides is 1. The van der Waals surface area contributed by atoms with Crippen molar-refractivity contribution in [1.82, 2.24) is 15.5 Å². The normalized spacial score (nSPS) is 14.1. The van der Waals surface area contributed by atoms with Crippen molar-refractivity contribution < 1.29 is 19.4 Å². The first-order chi connectivity index (χ1) is 19.6. The second-order valence-electron chi connectivity index (χ2n) is 10.0. The number of likely N-dealkylation sites (tertiary alicyclic amines) is 1. The van der Waals surface area contributed by atoms with Gasteiger partial charge in [-0.25, -0.2) is 4.79 Å². The van der Waals surface area contributed by atoms with E-state index in [0.29, 0.717) is 12.1 Å². The molecule has 0 bridgehead atoms. The molecule has 1 aliphatic heterocycles. The predicted molar refractivity (Wildman–Crippen MR) is 158 cm³/mol. The minimum atomic E-state index is -0.423. The van der Waals surface area contributed by atoms with Crippen LogP contribution in [0.15, 0.2) is 78.9 Å². The number of hydrogen-bond acceptors (Lipinski definition) is 7. The topological polar surface area (TPSA) is 103 Å². The summed E-state index contributed by atoms with van der Waals surface area (Å²) < 4.78 is 5.73. The van der Waals surface area contributed by atoms with Gasteiger partial charge in [0.2, 0.25) is 0 Å². The van der Waals surface area contributed by atoms with Crippen LogP contribution in [0, 0.1) is 0 Å². The molecular formula is C32H40N4O4. The molecule has 3 aromatic rings. The van der Waals surface area contributed by atoms with Crippen molar-refractivity contribution in [2.45, 2.75) is 31.9 Å². The van der Waals surface area contributed by atoms with Gasteiger partial charge < -0.3 is 25.4 Å². The first-order valence-corrected chi connectivity index (χ1v) is 14.1. The summed E-state index contributed by atoms with van der Waals surface area (Å²) in [6.07, 6.45) is 1.77. The Bertz CT molecular complexity index is 1200. The Balaban J connectivity index is 1.11. The highest BCUT2D eigenvalue weighted by Gasteiger charge is 2.22. The van der Waals surface area contributed by atoms with Crippen molar-refractivity contribution in [3.05, 3.63) is 90.0 Å². The third-order valence-corrected chi connectivity index (χ3v) is 7.06. The number of piperidine rings is 1. The fraction of sp³-hybridized carbons (Fsp3) is 0.375. The number of nitrogens with one attached hydrogen (secondary N) is 3. The van der Waals surface area contributed by atoms with Crippen molar-refractivity contribution in [2.75, 3.05) is 51.2 Å². The number of nitrogens with zero attached hydrogens (tertiary/aromatic N) is 1. The van der Waals surface area contributed by atoms with Gasteiger partial charge in [-0.1, -0.05) is 72.8 Å². The molecule has 212 valence electrons. The van der Waals surface area contributed by atoms with Crippen LogP contribution in [0.25, 0.3) is 11.1 Å². The molecule has 0 radical (unpaired) electrons. The smallest absolute Gasteiger partial charge is 0.411 e. The van der Waals surface area contributed by atoms with Gasteiger partial charge in [-0.3, -0.25) is 10.1 Å². The molecule has 3 aromatic carbocycles. The van der Waals surface area contributed by atoms with Gasteiger partial charge in [-0.2, -0.15) is 0 Å². The Hall–Kier alpha value is -3.56. The molecule has 0 aliphatic carbocycles. The van der Waals surface area contributed by atoms with Crippen LogP contribution in [-0.4, -0.2) is 73.9 Å². The van der Waals surface area contributed by atoms with Crippen molar-refractivity contribution >= 4 is 17.6 Å². The number of rotatable bonds is 14. The Morgan fingerprint density at radius 3 is 2.35 bits per heavy atom. The van der Waals surface area contributed by atoms with Gasteiger partial charge in [-0.15, -0.1) is 0 Å². The molecule has 4 N–H and O–H groups in total. The highest BCUT2D eigenvalue weighted by molar-refractivity contribution is 5.97. The number of aliphatic hydroxyl groups excluding tert-OH is 1. The second kappa shape index (κ2) is 15.9. The molecule has 1 heterocycles. The molecule has 8 heteroatoms. The number of anilines is 1. The van der Waals surface area contributed by atoms with Crippen LogP contribution in [-0.2, 0) is 11.3 Å². The lowest BCUT2D eigenvalue weighted by molar-refractivity contribution is 0.0593. The van der Waals surface area contributed by atoms with Gasteiger partial charge in [0, 0.05) is 50.5 Å². The Kier molecular flexibility index (Phi) is 11.7. The molecule has 0 aromatic heterocycles. The lowest BCUT2D eigenvalue weighted by Crippen LogP contribution is -2.42. The Morgan fingerprint density at radius 2 is 1.60 bits per heavy atom. The summed E-state index contributed by atoms with van der Waals surface area (Å²) in [5.41, 5.74) is 4.55. The standard InChI is InChI=1S/C32H40N4O4/c37-22-6-17-33-23-25-11-13-27(14-12-25)31(38)24-34-18-21-36-19-15-28(16-20-36)40-32(39)35-30-10-5-4-9-29(30)26-7-2-1-3-8-26/h1-5,7-14,28,33-34,37H,6,15-24H2,(H,35,39). The molecule has 0 saturated carbocycles. The molecule has 1 fully saturated rings. The maximum atomic E-state index is 12.6. The van der Waals surface area contributed by atoms with Crippen molar-refractivity contribution in [1.29, 1.82) is 0 Å². The molecule has 0 spiro atoms. The largest absolute Gasteiger partial charge is 0.446 e. The van der Waals surface area contributed by atoms with E-state index in [2.05, 4.69) is 20.9 Å². The van der Waals surface area contributed by atoms with Crippen molar-refractivity contribution in [2.24, 2.45) is 0 Å². The number of aliphatic hydroxyl groups is 1. The number of carbonyl (C=O) groups is 2. The average Bonchev–Trinajstić information content (AvgIpc) is 2.99. The number of ketones is 1. The first kappa shape index (κ1) is 29.4. The average molecular weight is 545 g/mol. The van der Waals surface area contributed by atoms with E-state index in [9.17, 15) is 9.59 Å². The van der Waals surface area contributed by atoms with Crippen LogP contribution >= 0.6 is 0 Å². The third-order valence-electron chi connectivity index (χ3n) is 7.06. The zero-order valence-corrected chi connectivity index (χ0v) is 23.0. The van der Waals surface area contributed by atoms with E-state index in [1.165, 1.54) is 0 Å². The summed E-state index contributed by atoms with van der Waals surface area (Å²) >= 11 is 0. The molecule has 1 saturated heterocycles. The van der Waals surface area contributed by atoms with Gasteiger partial charge in [0.25, 0.3) is 0 Å². The third kappa shape index (κ3) is 9.27. The van der Waals surface area contributed by atoms with Crippen LogP contribution in [0.5, 0.6) is 0 Å². The molecule has 8 nitrogen and oxygen atoms in total. The van der Waals surface area contributed by atoms with Gasteiger partial charge >= 0.3 is 6.09 Å². The molecule has 0 unspecified atom stereocenters. The maximum Gasteiger partial charge on any atom is 0.411 e.